The van der Waals surface area contributed by atoms with Crippen LogP contribution in [0, 0.1) is 0 Å². The van der Waals surface area contributed by atoms with E-state index in [-0.39, 0.29) is 18.8 Å². The molecule has 0 spiro atoms. The first-order chi connectivity index (χ1) is 7.50. The van der Waals surface area contributed by atoms with Gasteiger partial charge in [-0.05, 0) is 6.42 Å². The smallest absolute Gasteiger partial charge is 0.291 e. The number of halogens is 2. The highest BCUT2D eigenvalue weighted by atomic mass is 19.3. The van der Waals surface area contributed by atoms with Crippen LogP contribution in [0.2, 0.25) is 0 Å². The summed E-state index contributed by atoms with van der Waals surface area (Å²) in [5, 5.41) is 15.9. The molecule has 8 heteroatoms. The van der Waals surface area contributed by atoms with Gasteiger partial charge in [0.15, 0.2) is 0 Å². The van der Waals surface area contributed by atoms with E-state index in [2.05, 4.69) is 15.2 Å². The Hall–Kier alpha value is -1.57. The van der Waals surface area contributed by atoms with Crippen LogP contribution in [0.3, 0.4) is 0 Å². The number of piperidine rings is 1. The van der Waals surface area contributed by atoms with E-state index in [1.165, 1.54) is 6.33 Å². The fourth-order valence-corrected chi connectivity index (χ4v) is 1.56. The predicted octanol–water partition coefficient (Wildman–Crippen LogP) is -0.353. The van der Waals surface area contributed by atoms with Crippen LogP contribution in [0.25, 0.3) is 0 Å². The molecule has 2 heterocycles. The second kappa shape index (κ2) is 3.78. The average molecular weight is 232 g/mol. The molecule has 1 fully saturated rings. The van der Waals surface area contributed by atoms with Gasteiger partial charge in [-0.1, -0.05) is 0 Å². The SMILES string of the molecule is O=C(c1nnc[nH]1)N1CC[C@H](O)C(F)(F)C1. The van der Waals surface area contributed by atoms with E-state index in [4.69, 9.17) is 5.11 Å². The Morgan fingerprint density at radius 1 is 1.69 bits per heavy atom. The summed E-state index contributed by atoms with van der Waals surface area (Å²) in [7, 11) is 0. The minimum absolute atomic E-state index is 0.0767. The van der Waals surface area contributed by atoms with Gasteiger partial charge >= 0.3 is 0 Å². The van der Waals surface area contributed by atoms with Gasteiger partial charge < -0.3 is 15.0 Å². The number of H-pyrrole nitrogens is 1. The minimum Gasteiger partial charge on any atom is -0.387 e. The molecular formula is C8H10F2N4O2. The molecule has 1 saturated heterocycles. The van der Waals surface area contributed by atoms with E-state index in [9.17, 15) is 13.6 Å². The number of carbonyl (C=O) groups is 1. The van der Waals surface area contributed by atoms with E-state index >= 15 is 0 Å². The normalized spacial score (nSPS) is 24.4. The van der Waals surface area contributed by atoms with Gasteiger partial charge in [0, 0.05) is 6.54 Å². The number of aromatic amines is 1. The third kappa shape index (κ3) is 1.87. The van der Waals surface area contributed by atoms with Crippen molar-refractivity contribution in [2.24, 2.45) is 0 Å². The van der Waals surface area contributed by atoms with Crippen LogP contribution < -0.4 is 0 Å². The van der Waals surface area contributed by atoms with Crippen molar-refractivity contribution in [3.63, 3.8) is 0 Å². The summed E-state index contributed by atoms with van der Waals surface area (Å²) in [6, 6.07) is 0. The molecule has 6 nitrogen and oxygen atoms in total. The number of carbonyl (C=O) groups excluding carboxylic acids is 1. The Bertz CT molecular complexity index is 381. The third-order valence-corrected chi connectivity index (χ3v) is 2.47. The van der Waals surface area contributed by atoms with Gasteiger partial charge in [0.2, 0.25) is 5.82 Å². The molecule has 0 aliphatic carbocycles. The second-order valence-electron chi connectivity index (χ2n) is 3.63. The molecule has 0 aromatic carbocycles. The zero-order valence-corrected chi connectivity index (χ0v) is 8.23. The lowest BCUT2D eigenvalue weighted by atomic mass is 10.0. The van der Waals surface area contributed by atoms with Gasteiger partial charge in [0.25, 0.3) is 11.8 Å². The topological polar surface area (TPSA) is 82.1 Å². The summed E-state index contributed by atoms with van der Waals surface area (Å²) in [6.45, 7) is -0.718. The summed E-state index contributed by atoms with van der Waals surface area (Å²) < 4.78 is 26.3. The van der Waals surface area contributed by atoms with Crippen LogP contribution in [0.1, 0.15) is 17.0 Å². The van der Waals surface area contributed by atoms with Crippen molar-refractivity contribution in [3.8, 4) is 0 Å². The summed E-state index contributed by atoms with van der Waals surface area (Å²) in [6.07, 6.45) is -0.636. The molecule has 0 bridgehead atoms. The summed E-state index contributed by atoms with van der Waals surface area (Å²) >= 11 is 0. The van der Waals surface area contributed by atoms with Crippen molar-refractivity contribution in [2.45, 2.75) is 18.4 Å². The molecule has 1 amide bonds. The van der Waals surface area contributed by atoms with Crippen molar-refractivity contribution in [1.82, 2.24) is 20.1 Å². The van der Waals surface area contributed by atoms with Crippen LogP contribution in [0.5, 0.6) is 0 Å². The number of aliphatic hydroxyl groups is 1. The summed E-state index contributed by atoms with van der Waals surface area (Å²) in [5.74, 6) is -3.98. The molecule has 0 radical (unpaired) electrons. The van der Waals surface area contributed by atoms with Gasteiger partial charge in [-0.2, -0.15) is 0 Å². The number of hydrogen-bond acceptors (Lipinski definition) is 4. The van der Waals surface area contributed by atoms with Gasteiger partial charge in [-0.3, -0.25) is 4.79 Å². The Kier molecular flexibility index (Phi) is 2.58. The molecule has 1 aliphatic heterocycles. The highest BCUT2D eigenvalue weighted by Crippen LogP contribution is 2.27. The molecule has 88 valence electrons. The molecule has 0 saturated carbocycles. The maximum absolute atomic E-state index is 13.2. The Labute approximate surface area is 89.3 Å². The standard InChI is InChI=1S/C8H10F2N4O2/c9-8(10)3-14(2-1-5(8)15)7(16)6-11-4-12-13-6/h4-5,15H,1-3H2,(H,11,12,13)/t5-/m0/s1. The van der Waals surface area contributed by atoms with Gasteiger partial charge in [0.1, 0.15) is 12.4 Å². The van der Waals surface area contributed by atoms with Gasteiger partial charge in [-0.25, -0.2) is 8.78 Å². The lowest BCUT2D eigenvalue weighted by Crippen LogP contribution is -2.53. The average Bonchev–Trinajstić information content (AvgIpc) is 2.74. The molecule has 1 atom stereocenters. The Morgan fingerprint density at radius 2 is 2.44 bits per heavy atom. The lowest BCUT2D eigenvalue weighted by Gasteiger charge is -2.35. The van der Waals surface area contributed by atoms with Crippen LogP contribution in [0.4, 0.5) is 8.78 Å². The number of nitrogens with zero attached hydrogens (tertiary/aromatic N) is 3. The molecule has 0 unspecified atom stereocenters. The lowest BCUT2D eigenvalue weighted by molar-refractivity contribution is -0.142. The van der Waals surface area contributed by atoms with E-state index in [1.54, 1.807) is 0 Å². The summed E-state index contributed by atoms with van der Waals surface area (Å²) in [5.41, 5.74) is 0. The number of hydrogen-bond donors (Lipinski definition) is 2. The molecule has 1 aliphatic rings. The number of aliphatic hydroxyl groups excluding tert-OH is 1. The van der Waals surface area contributed by atoms with E-state index < -0.39 is 24.5 Å². The van der Waals surface area contributed by atoms with Gasteiger partial charge in [0.05, 0.1) is 6.54 Å². The molecular weight excluding hydrogens is 222 g/mol. The predicted molar refractivity (Wildman–Crippen MR) is 47.9 cm³/mol. The molecule has 2 N–H and O–H groups in total. The monoisotopic (exact) mass is 232 g/mol. The number of amides is 1. The van der Waals surface area contributed by atoms with E-state index in [1.807, 2.05) is 0 Å². The first kappa shape index (κ1) is 10.9. The zero-order valence-electron chi connectivity index (χ0n) is 8.23. The number of nitrogens with one attached hydrogen (secondary N) is 1. The van der Waals surface area contributed by atoms with Crippen LogP contribution in [-0.4, -0.2) is 56.2 Å². The third-order valence-electron chi connectivity index (χ3n) is 2.47. The number of alkyl halides is 2. The van der Waals surface area contributed by atoms with E-state index in [0.29, 0.717) is 0 Å². The largest absolute Gasteiger partial charge is 0.387 e. The number of likely N-dealkylation sites (tertiary alicyclic amines) is 1. The minimum atomic E-state index is -3.27. The van der Waals surface area contributed by atoms with Crippen LogP contribution in [-0.2, 0) is 0 Å². The van der Waals surface area contributed by atoms with Crippen molar-refractivity contribution < 1.29 is 18.7 Å². The molecule has 2 rings (SSSR count). The Balaban J connectivity index is 2.10. The van der Waals surface area contributed by atoms with Crippen LogP contribution in [0.15, 0.2) is 6.33 Å². The quantitative estimate of drug-likeness (QED) is 0.693. The highest BCUT2D eigenvalue weighted by Gasteiger charge is 2.45. The zero-order chi connectivity index (χ0) is 11.8. The Morgan fingerprint density at radius 3 is 3.00 bits per heavy atom. The highest BCUT2D eigenvalue weighted by molar-refractivity contribution is 5.90. The summed E-state index contributed by atoms with van der Waals surface area (Å²) in [4.78, 5) is 15.0. The van der Waals surface area contributed by atoms with Gasteiger partial charge in [-0.15, -0.1) is 10.2 Å². The van der Waals surface area contributed by atoms with Crippen LogP contribution >= 0.6 is 0 Å². The fraction of sp³-hybridized carbons (Fsp3) is 0.625. The second-order valence-corrected chi connectivity index (χ2v) is 3.63. The first-order valence-corrected chi connectivity index (χ1v) is 4.72. The molecule has 1 aromatic rings. The first-order valence-electron chi connectivity index (χ1n) is 4.72. The number of rotatable bonds is 1. The van der Waals surface area contributed by atoms with Crippen molar-refractivity contribution in [2.75, 3.05) is 13.1 Å². The van der Waals surface area contributed by atoms with Crippen molar-refractivity contribution in [3.05, 3.63) is 12.2 Å². The maximum Gasteiger partial charge on any atom is 0.291 e. The number of aromatic nitrogens is 3. The fourth-order valence-electron chi connectivity index (χ4n) is 1.56. The van der Waals surface area contributed by atoms with E-state index in [0.717, 1.165) is 4.90 Å². The molecule has 16 heavy (non-hydrogen) atoms. The van der Waals surface area contributed by atoms with Crippen molar-refractivity contribution in [1.29, 1.82) is 0 Å². The molecule has 1 aromatic heterocycles. The maximum atomic E-state index is 13.2. The van der Waals surface area contributed by atoms with Crippen molar-refractivity contribution >= 4 is 5.91 Å².